The van der Waals surface area contributed by atoms with Crippen LogP contribution in [0.25, 0.3) is 0 Å². The van der Waals surface area contributed by atoms with Crippen molar-refractivity contribution in [1.29, 1.82) is 5.26 Å². The minimum Gasteiger partial charge on any atom is -0.469 e. The predicted molar refractivity (Wildman–Crippen MR) is 59.2 cm³/mol. The lowest BCUT2D eigenvalue weighted by Crippen LogP contribution is -2.10. The maximum Gasteiger partial charge on any atom is 0.311 e. The molecule has 18 heavy (non-hydrogen) atoms. The van der Waals surface area contributed by atoms with Crippen LogP contribution in [0.4, 0.5) is 8.78 Å². The summed E-state index contributed by atoms with van der Waals surface area (Å²) in [5.74, 6) is -0.833. The molecule has 0 N–H and O–H groups in total. The highest BCUT2D eigenvalue weighted by Gasteiger charge is 2.21. The first kappa shape index (κ1) is 14.3. The molecule has 1 heterocycles. The van der Waals surface area contributed by atoms with Crippen molar-refractivity contribution in [3.05, 3.63) is 28.6 Å². The molecule has 96 valence electrons. The van der Waals surface area contributed by atoms with Crippen molar-refractivity contribution in [1.82, 2.24) is 4.98 Å². The van der Waals surface area contributed by atoms with Gasteiger partial charge in [0, 0.05) is 0 Å². The molecule has 0 bridgehead atoms. The molecule has 0 unspecified atom stereocenters. The molecule has 0 spiro atoms. The van der Waals surface area contributed by atoms with Gasteiger partial charge in [-0.3, -0.25) is 9.78 Å². The van der Waals surface area contributed by atoms with Crippen LogP contribution in [-0.2, 0) is 21.8 Å². The number of carbonyl (C=O) groups is 1. The largest absolute Gasteiger partial charge is 0.469 e. The van der Waals surface area contributed by atoms with Gasteiger partial charge in [-0.05, 0) is 6.07 Å². The van der Waals surface area contributed by atoms with Gasteiger partial charge in [-0.1, -0.05) is 0 Å². The fraction of sp³-hybridized carbons (Fsp3) is 0.364. The summed E-state index contributed by atoms with van der Waals surface area (Å²) in [6.45, 7) is 0. The number of methoxy groups -OCH3 is 1. The Morgan fingerprint density at radius 2 is 2.33 bits per heavy atom. The first-order valence-corrected chi connectivity index (χ1v) is 5.40. The summed E-state index contributed by atoms with van der Waals surface area (Å²) >= 11 is 5.53. The second-order valence-electron chi connectivity index (χ2n) is 3.32. The average Bonchev–Trinajstić information content (AvgIpc) is 2.36. The number of carbonyl (C=O) groups excluding carboxylic acids is 1. The van der Waals surface area contributed by atoms with Gasteiger partial charge in [-0.2, -0.15) is 5.26 Å². The lowest BCUT2D eigenvalue weighted by atomic mass is 10.1. The summed E-state index contributed by atoms with van der Waals surface area (Å²) in [6, 6.07) is 2.80. The molecule has 0 amide bonds. The van der Waals surface area contributed by atoms with Gasteiger partial charge in [0.2, 0.25) is 0 Å². The molecular formula is C11H9ClF2N2O2. The van der Waals surface area contributed by atoms with Gasteiger partial charge in [-0.15, -0.1) is 11.6 Å². The van der Waals surface area contributed by atoms with Gasteiger partial charge >= 0.3 is 5.97 Å². The number of esters is 1. The number of nitriles is 1. The van der Waals surface area contributed by atoms with Crippen LogP contribution < -0.4 is 0 Å². The number of hydrogen-bond acceptors (Lipinski definition) is 4. The normalized spacial score (nSPS) is 10.2. The maximum atomic E-state index is 12.8. The Morgan fingerprint density at radius 1 is 1.67 bits per heavy atom. The van der Waals surface area contributed by atoms with E-state index in [-0.39, 0.29) is 29.3 Å². The van der Waals surface area contributed by atoms with Crippen LogP contribution in [-0.4, -0.2) is 18.1 Å². The van der Waals surface area contributed by atoms with E-state index in [9.17, 15) is 13.6 Å². The van der Waals surface area contributed by atoms with E-state index in [0.29, 0.717) is 0 Å². The summed E-state index contributed by atoms with van der Waals surface area (Å²) in [7, 11) is 1.20. The number of rotatable bonds is 4. The fourth-order valence-corrected chi connectivity index (χ4v) is 1.62. The van der Waals surface area contributed by atoms with Crippen LogP contribution in [0, 0.1) is 11.3 Å². The van der Waals surface area contributed by atoms with E-state index in [4.69, 9.17) is 16.9 Å². The number of ether oxygens (including phenoxy) is 1. The summed E-state index contributed by atoms with van der Waals surface area (Å²) in [6.07, 6.45) is -3.04. The van der Waals surface area contributed by atoms with Crippen LogP contribution in [0.15, 0.2) is 6.07 Å². The van der Waals surface area contributed by atoms with E-state index >= 15 is 0 Å². The van der Waals surface area contributed by atoms with Gasteiger partial charge in [0.15, 0.2) is 0 Å². The Labute approximate surface area is 107 Å². The van der Waals surface area contributed by atoms with Crippen molar-refractivity contribution in [2.24, 2.45) is 0 Å². The lowest BCUT2D eigenvalue weighted by Gasteiger charge is -2.10. The minimum atomic E-state index is -2.84. The molecule has 7 heteroatoms. The molecule has 1 aromatic rings. The molecule has 1 aromatic heterocycles. The van der Waals surface area contributed by atoms with Crippen molar-refractivity contribution in [2.75, 3.05) is 7.11 Å². The molecule has 0 fully saturated rings. The van der Waals surface area contributed by atoms with E-state index in [1.807, 2.05) is 0 Å². The van der Waals surface area contributed by atoms with E-state index in [0.717, 1.165) is 6.07 Å². The zero-order valence-electron chi connectivity index (χ0n) is 9.41. The molecule has 0 saturated heterocycles. The van der Waals surface area contributed by atoms with Crippen LogP contribution in [0.5, 0.6) is 0 Å². The highest BCUT2D eigenvalue weighted by molar-refractivity contribution is 6.17. The standard InChI is InChI=1S/C11H9ClF2N2O2/c1-18-9(17)3-7-2-6(5-15)10(11(13)14)8(4-12)16-7/h2,11H,3-4H2,1H3. The third-order valence-corrected chi connectivity index (χ3v) is 2.46. The molecule has 4 nitrogen and oxygen atoms in total. The van der Waals surface area contributed by atoms with Crippen LogP contribution >= 0.6 is 11.6 Å². The topological polar surface area (TPSA) is 63.0 Å². The highest BCUT2D eigenvalue weighted by atomic mass is 35.5. The molecule has 1 rings (SSSR count). The van der Waals surface area contributed by atoms with Gasteiger partial charge in [-0.25, -0.2) is 8.78 Å². The second-order valence-corrected chi connectivity index (χ2v) is 3.59. The van der Waals surface area contributed by atoms with E-state index < -0.39 is 18.0 Å². The third kappa shape index (κ3) is 3.14. The molecule has 0 aliphatic heterocycles. The first-order valence-electron chi connectivity index (χ1n) is 4.87. The molecule has 0 radical (unpaired) electrons. The number of pyridine rings is 1. The molecular weight excluding hydrogens is 266 g/mol. The molecule has 0 aromatic carbocycles. The summed E-state index contributed by atoms with van der Waals surface area (Å²) < 4.78 is 30.0. The average molecular weight is 275 g/mol. The Hall–Kier alpha value is -1.74. The van der Waals surface area contributed by atoms with Crippen LogP contribution in [0.3, 0.4) is 0 Å². The zero-order chi connectivity index (χ0) is 13.7. The summed E-state index contributed by atoms with van der Waals surface area (Å²) in [5.41, 5.74) is -0.626. The Kier molecular flexibility index (Phi) is 4.98. The summed E-state index contributed by atoms with van der Waals surface area (Å²) in [4.78, 5) is 14.9. The number of aromatic nitrogens is 1. The number of hydrogen-bond donors (Lipinski definition) is 0. The molecule has 0 atom stereocenters. The van der Waals surface area contributed by atoms with Crippen molar-refractivity contribution in [3.8, 4) is 6.07 Å². The first-order chi connectivity index (χ1) is 8.53. The Bertz CT molecular complexity index is 501. The van der Waals surface area contributed by atoms with E-state index in [2.05, 4.69) is 9.72 Å². The van der Waals surface area contributed by atoms with Crippen LogP contribution in [0.1, 0.15) is 28.9 Å². The van der Waals surface area contributed by atoms with Gasteiger partial charge in [0.05, 0.1) is 48.0 Å². The van der Waals surface area contributed by atoms with Crippen molar-refractivity contribution < 1.29 is 18.3 Å². The molecule has 0 aliphatic carbocycles. The maximum absolute atomic E-state index is 12.8. The SMILES string of the molecule is COC(=O)Cc1cc(C#N)c(C(F)F)c(CCl)n1. The fourth-order valence-electron chi connectivity index (χ4n) is 1.41. The van der Waals surface area contributed by atoms with Gasteiger partial charge < -0.3 is 4.74 Å². The Balaban J connectivity index is 3.27. The predicted octanol–water partition coefficient (Wildman–Crippen LogP) is 2.35. The van der Waals surface area contributed by atoms with Crippen LogP contribution in [0.2, 0.25) is 0 Å². The van der Waals surface area contributed by atoms with Crippen molar-refractivity contribution >= 4 is 17.6 Å². The lowest BCUT2D eigenvalue weighted by molar-refractivity contribution is -0.139. The highest BCUT2D eigenvalue weighted by Crippen LogP contribution is 2.27. The number of nitrogens with zero attached hydrogens (tertiary/aromatic N) is 2. The smallest absolute Gasteiger partial charge is 0.311 e. The molecule has 0 aliphatic rings. The zero-order valence-corrected chi connectivity index (χ0v) is 10.2. The number of alkyl halides is 3. The van der Waals surface area contributed by atoms with E-state index in [1.54, 1.807) is 6.07 Å². The molecule has 0 saturated carbocycles. The van der Waals surface area contributed by atoms with E-state index in [1.165, 1.54) is 7.11 Å². The number of halogens is 3. The van der Waals surface area contributed by atoms with Gasteiger partial charge in [0.1, 0.15) is 0 Å². The quantitative estimate of drug-likeness (QED) is 0.624. The second kappa shape index (κ2) is 6.26. The van der Waals surface area contributed by atoms with Gasteiger partial charge in [0.25, 0.3) is 6.43 Å². The van der Waals surface area contributed by atoms with Crippen molar-refractivity contribution in [3.63, 3.8) is 0 Å². The monoisotopic (exact) mass is 274 g/mol. The minimum absolute atomic E-state index is 0.0929. The summed E-state index contributed by atoms with van der Waals surface area (Å²) in [5, 5.41) is 8.83. The van der Waals surface area contributed by atoms with Crippen molar-refractivity contribution in [2.45, 2.75) is 18.7 Å². The Morgan fingerprint density at radius 3 is 2.78 bits per heavy atom. The third-order valence-electron chi connectivity index (χ3n) is 2.21.